The van der Waals surface area contributed by atoms with Crippen LogP contribution in [0.15, 0.2) is 127 Å². The van der Waals surface area contributed by atoms with Crippen LogP contribution in [0.25, 0.3) is 33.0 Å². The molecule has 0 aromatic heterocycles. The zero-order chi connectivity index (χ0) is 34.4. The first-order valence-electron chi connectivity index (χ1n) is 20.5. The average molecular weight is 676 g/mol. The highest BCUT2D eigenvalue weighted by Crippen LogP contribution is 2.67. The zero-order valence-corrected chi connectivity index (χ0v) is 30.6. The lowest BCUT2D eigenvalue weighted by Crippen LogP contribution is -2.49. The summed E-state index contributed by atoms with van der Waals surface area (Å²) in [7, 11) is 0. The van der Waals surface area contributed by atoms with E-state index in [1.54, 1.807) is 22.3 Å². The summed E-state index contributed by atoms with van der Waals surface area (Å²) < 4.78 is 0. The van der Waals surface area contributed by atoms with Gasteiger partial charge in [0.25, 0.3) is 0 Å². The molecule has 6 aromatic carbocycles. The molecule has 0 saturated heterocycles. The van der Waals surface area contributed by atoms with Crippen molar-refractivity contribution in [3.63, 3.8) is 0 Å². The number of benzene rings is 6. The molecule has 5 aliphatic rings. The lowest BCUT2D eigenvalue weighted by atomic mass is 9.49. The van der Waals surface area contributed by atoms with Gasteiger partial charge in [0.05, 0.1) is 5.69 Å². The van der Waals surface area contributed by atoms with Gasteiger partial charge in [0.1, 0.15) is 0 Å². The highest BCUT2D eigenvalue weighted by Gasteiger charge is 2.58. The van der Waals surface area contributed by atoms with Gasteiger partial charge in [-0.1, -0.05) is 136 Å². The summed E-state index contributed by atoms with van der Waals surface area (Å²) in [4.78, 5) is 2.65. The Bertz CT molecular complexity index is 2340. The van der Waals surface area contributed by atoms with Crippen LogP contribution in [0, 0.1) is 17.8 Å². The number of hydrogen-bond donors (Lipinski definition) is 0. The van der Waals surface area contributed by atoms with Crippen LogP contribution in [-0.2, 0) is 10.8 Å². The molecule has 0 aliphatic heterocycles. The molecule has 0 radical (unpaired) electrons. The van der Waals surface area contributed by atoms with Gasteiger partial charge in [0.15, 0.2) is 0 Å². The van der Waals surface area contributed by atoms with Crippen LogP contribution in [-0.4, -0.2) is 0 Å². The smallest absolute Gasteiger partial charge is 0.0543 e. The van der Waals surface area contributed by atoms with Crippen molar-refractivity contribution in [3.05, 3.63) is 150 Å². The first-order valence-corrected chi connectivity index (χ1v) is 20.5. The molecule has 1 nitrogen and oxygen atoms in total. The number of fused-ring (bicyclic) bond motifs is 9. The van der Waals surface area contributed by atoms with Crippen molar-refractivity contribution >= 4 is 27.8 Å². The minimum atomic E-state index is 0.111. The van der Waals surface area contributed by atoms with Crippen LogP contribution >= 0.6 is 0 Å². The molecular formula is C51H49N. The highest BCUT2D eigenvalue weighted by atomic mass is 15.1. The summed E-state index contributed by atoms with van der Waals surface area (Å²) in [5, 5.41) is 2.58. The molecule has 3 saturated carbocycles. The molecule has 3 fully saturated rings. The molecule has 52 heavy (non-hydrogen) atoms. The van der Waals surface area contributed by atoms with Crippen LogP contribution in [0.1, 0.15) is 99.8 Å². The number of nitrogens with zero attached hydrogens (tertiary/aromatic N) is 1. The predicted molar refractivity (Wildman–Crippen MR) is 218 cm³/mol. The van der Waals surface area contributed by atoms with Gasteiger partial charge in [0, 0.05) is 27.8 Å². The molecule has 2 unspecified atom stereocenters. The lowest BCUT2D eigenvalue weighted by Gasteiger charge is -2.55. The minimum absolute atomic E-state index is 0.111. The van der Waals surface area contributed by atoms with Gasteiger partial charge >= 0.3 is 0 Å². The van der Waals surface area contributed by atoms with E-state index in [-0.39, 0.29) is 10.8 Å². The highest BCUT2D eigenvalue weighted by molar-refractivity contribution is 5.98. The summed E-state index contributed by atoms with van der Waals surface area (Å²) in [6.45, 7) is 2.43. The predicted octanol–water partition coefficient (Wildman–Crippen LogP) is 14.0. The maximum Gasteiger partial charge on any atom is 0.0543 e. The van der Waals surface area contributed by atoms with Crippen LogP contribution in [0.3, 0.4) is 0 Å². The van der Waals surface area contributed by atoms with Gasteiger partial charge in [0.2, 0.25) is 0 Å². The van der Waals surface area contributed by atoms with Crippen molar-refractivity contribution in [2.75, 3.05) is 4.90 Å². The summed E-state index contributed by atoms with van der Waals surface area (Å²) >= 11 is 0. The normalized spacial score (nSPS) is 24.8. The van der Waals surface area contributed by atoms with Crippen molar-refractivity contribution in [1.82, 2.24) is 0 Å². The molecule has 0 N–H and O–H groups in total. The summed E-state index contributed by atoms with van der Waals surface area (Å²) in [5.74, 6) is 2.28. The second-order valence-electron chi connectivity index (χ2n) is 17.0. The molecule has 11 rings (SSSR count). The third kappa shape index (κ3) is 4.17. The minimum Gasteiger partial charge on any atom is -0.310 e. The van der Waals surface area contributed by atoms with E-state index < -0.39 is 0 Å². The Balaban J connectivity index is 1.17. The van der Waals surface area contributed by atoms with Gasteiger partial charge in [-0.15, -0.1) is 0 Å². The van der Waals surface area contributed by atoms with Crippen LogP contribution in [0.2, 0.25) is 0 Å². The molecule has 2 spiro atoms. The molecule has 0 amide bonds. The molecule has 2 atom stereocenters. The Morgan fingerprint density at radius 1 is 0.538 bits per heavy atom. The van der Waals surface area contributed by atoms with Crippen molar-refractivity contribution in [2.24, 2.45) is 17.8 Å². The number of anilines is 3. The largest absolute Gasteiger partial charge is 0.310 e. The van der Waals surface area contributed by atoms with Gasteiger partial charge in [-0.2, -0.15) is 0 Å². The van der Waals surface area contributed by atoms with Gasteiger partial charge in [-0.3, -0.25) is 0 Å². The maximum atomic E-state index is 2.65. The second-order valence-corrected chi connectivity index (χ2v) is 17.0. The SMILES string of the molecule is CCC1CC2CCCC(C1)C21c2ccccc2-c2c(N(c3ccc4c(c3)C3(CCCCC3)c3ccccc3-4)c3ccc4ccccc4c3)cccc21. The topological polar surface area (TPSA) is 3.24 Å². The Kier molecular flexibility index (Phi) is 6.96. The standard InChI is InChI=1S/C51H49N/c1-2-34-30-37-16-12-17-38(31-34)51(37)45-21-9-7-19-43(45)49-46(51)22-13-23-48(49)52(39-25-24-35-14-4-5-15-36(35)32-39)40-26-27-42-41-18-6-8-20-44(41)50(47(42)33-40)28-10-3-11-29-50/h4-9,13-15,18-27,32-34,37-38H,2-3,10-12,16-17,28-31H2,1H3. The maximum absolute atomic E-state index is 2.65. The molecular weight excluding hydrogens is 627 g/mol. The Hall–Kier alpha value is -4.62. The van der Waals surface area contributed by atoms with E-state index in [9.17, 15) is 0 Å². The van der Waals surface area contributed by atoms with Gasteiger partial charge < -0.3 is 4.90 Å². The Labute approximate surface area is 309 Å². The third-order valence-corrected chi connectivity index (χ3v) is 14.8. The van der Waals surface area contributed by atoms with E-state index in [1.807, 2.05) is 0 Å². The Morgan fingerprint density at radius 2 is 1.19 bits per heavy atom. The first kappa shape index (κ1) is 31.0. The summed E-state index contributed by atoms with van der Waals surface area (Å²) in [6, 6.07) is 49.9. The van der Waals surface area contributed by atoms with Crippen LogP contribution in [0.5, 0.6) is 0 Å². The summed E-state index contributed by atoms with van der Waals surface area (Å²) in [5.41, 5.74) is 16.3. The molecule has 0 heterocycles. The zero-order valence-electron chi connectivity index (χ0n) is 30.6. The second kappa shape index (κ2) is 11.7. The fraction of sp³-hybridized carbons (Fsp3) is 0.333. The molecule has 1 heteroatoms. The van der Waals surface area contributed by atoms with E-state index in [2.05, 4.69) is 139 Å². The van der Waals surface area contributed by atoms with Crippen molar-refractivity contribution in [2.45, 2.75) is 88.4 Å². The van der Waals surface area contributed by atoms with E-state index in [1.165, 1.54) is 121 Å². The van der Waals surface area contributed by atoms with Gasteiger partial charge in [-0.25, -0.2) is 0 Å². The third-order valence-electron chi connectivity index (χ3n) is 14.8. The molecule has 6 aromatic rings. The fourth-order valence-corrected chi connectivity index (χ4v) is 12.7. The fourth-order valence-electron chi connectivity index (χ4n) is 12.7. The van der Waals surface area contributed by atoms with Crippen LogP contribution in [0.4, 0.5) is 17.1 Å². The Morgan fingerprint density at radius 3 is 2.00 bits per heavy atom. The molecule has 2 bridgehead atoms. The molecule has 5 aliphatic carbocycles. The van der Waals surface area contributed by atoms with Crippen molar-refractivity contribution in [3.8, 4) is 22.3 Å². The van der Waals surface area contributed by atoms with Crippen molar-refractivity contribution < 1.29 is 0 Å². The average Bonchev–Trinajstić information content (AvgIpc) is 3.63. The van der Waals surface area contributed by atoms with E-state index in [4.69, 9.17) is 0 Å². The van der Waals surface area contributed by atoms with E-state index in [0.29, 0.717) is 11.8 Å². The van der Waals surface area contributed by atoms with Crippen molar-refractivity contribution in [1.29, 1.82) is 0 Å². The first-order chi connectivity index (χ1) is 25.7. The number of hydrogen-bond acceptors (Lipinski definition) is 1. The summed E-state index contributed by atoms with van der Waals surface area (Å²) in [6.07, 6.45) is 14.6. The number of rotatable bonds is 4. The molecule has 258 valence electrons. The lowest BCUT2D eigenvalue weighted by molar-refractivity contribution is 0.0492. The van der Waals surface area contributed by atoms with E-state index in [0.717, 1.165) is 5.92 Å². The van der Waals surface area contributed by atoms with E-state index >= 15 is 0 Å². The van der Waals surface area contributed by atoms with Crippen LogP contribution < -0.4 is 4.90 Å². The monoisotopic (exact) mass is 675 g/mol. The quantitative estimate of drug-likeness (QED) is 0.180. The van der Waals surface area contributed by atoms with Gasteiger partial charge in [-0.05, 0) is 136 Å².